The van der Waals surface area contributed by atoms with Crippen molar-refractivity contribution in [2.45, 2.75) is 31.2 Å². The Hall–Kier alpha value is -1.14. The van der Waals surface area contributed by atoms with Crippen LogP contribution in [-0.4, -0.2) is 49.9 Å². The molecule has 1 aromatic rings. The quantitative estimate of drug-likeness (QED) is 0.899. The Morgan fingerprint density at radius 2 is 1.95 bits per heavy atom. The first-order valence-corrected chi connectivity index (χ1v) is 8.00. The molecule has 22 heavy (non-hydrogen) atoms. The van der Waals surface area contributed by atoms with Crippen molar-refractivity contribution in [3.63, 3.8) is 0 Å². The zero-order chi connectivity index (χ0) is 15.5. The van der Waals surface area contributed by atoms with Gasteiger partial charge < -0.3 is 19.7 Å². The summed E-state index contributed by atoms with van der Waals surface area (Å²) in [5.74, 6) is 0.158. The van der Waals surface area contributed by atoms with Gasteiger partial charge in [-0.15, -0.1) is 0 Å². The van der Waals surface area contributed by atoms with Gasteiger partial charge in [0.25, 0.3) is 0 Å². The van der Waals surface area contributed by atoms with Crippen molar-refractivity contribution >= 4 is 17.5 Å². The summed E-state index contributed by atoms with van der Waals surface area (Å²) in [6, 6.07) is 7.84. The zero-order valence-electron chi connectivity index (χ0n) is 12.6. The highest BCUT2D eigenvalue weighted by Crippen LogP contribution is 2.32. The molecule has 1 aromatic carbocycles. The predicted octanol–water partition coefficient (Wildman–Crippen LogP) is 1.96. The molecule has 5 nitrogen and oxygen atoms in total. The fourth-order valence-electron chi connectivity index (χ4n) is 3.13. The number of benzene rings is 1. The van der Waals surface area contributed by atoms with E-state index in [0.717, 1.165) is 18.5 Å². The highest BCUT2D eigenvalue weighted by molar-refractivity contribution is 6.30. The molecule has 0 bridgehead atoms. The molecule has 2 aliphatic heterocycles. The summed E-state index contributed by atoms with van der Waals surface area (Å²) >= 11 is 5.95. The third-order valence-electron chi connectivity index (χ3n) is 4.28. The maximum atomic E-state index is 12.1. The molecule has 2 fully saturated rings. The number of hydrogen-bond donors (Lipinski definition) is 1. The molecule has 2 aliphatic rings. The maximum Gasteiger partial charge on any atom is 0.224 e. The summed E-state index contributed by atoms with van der Waals surface area (Å²) in [4.78, 5) is 13.9. The fraction of sp³-hybridized carbons (Fsp3) is 0.562. The molecule has 0 unspecified atom stereocenters. The van der Waals surface area contributed by atoms with Gasteiger partial charge >= 0.3 is 0 Å². The molecule has 120 valence electrons. The normalized spacial score (nSPS) is 26.1. The van der Waals surface area contributed by atoms with Crippen LogP contribution in [-0.2, 0) is 14.3 Å². The van der Waals surface area contributed by atoms with E-state index in [0.29, 0.717) is 24.7 Å². The van der Waals surface area contributed by atoms with Gasteiger partial charge in [-0.2, -0.15) is 0 Å². The van der Waals surface area contributed by atoms with Crippen LogP contribution >= 0.6 is 11.6 Å². The van der Waals surface area contributed by atoms with Gasteiger partial charge in [-0.25, -0.2) is 0 Å². The lowest BCUT2D eigenvalue weighted by atomic mass is 10.00. The number of nitrogens with zero attached hydrogens (tertiary/aromatic N) is 1. The minimum atomic E-state index is -0.115. The summed E-state index contributed by atoms with van der Waals surface area (Å²) in [5, 5.41) is 4.18. The van der Waals surface area contributed by atoms with Crippen LogP contribution < -0.4 is 5.32 Å². The van der Waals surface area contributed by atoms with Gasteiger partial charge in [0.1, 0.15) is 0 Å². The van der Waals surface area contributed by atoms with Gasteiger partial charge in [0.2, 0.25) is 5.91 Å². The Balaban J connectivity index is 1.63. The molecule has 0 aliphatic carbocycles. The zero-order valence-corrected chi connectivity index (χ0v) is 13.4. The third-order valence-corrected chi connectivity index (χ3v) is 4.53. The van der Waals surface area contributed by atoms with Gasteiger partial charge in [-0.3, -0.25) is 4.79 Å². The number of ether oxygens (including phenoxy) is 2. The van der Waals surface area contributed by atoms with Gasteiger partial charge in [-0.1, -0.05) is 23.7 Å². The van der Waals surface area contributed by atoms with Crippen molar-refractivity contribution in [2.24, 2.45) is 0 Å². The Morgan fingerprint density at radius 3 is 2.64 bits per heavy atom. The molecule has 0 spiro atoms. The first kappa shape index (κ1) is 15.7. The van der Waals surface area contributed by atoms with E-state index in [1.54, 1.807) is 0 Å². The number of nitrogens with one attached hydrogen (secondary N) is 1. The summed E-state index contributed by atoms with van der Waals surface area (Å²) in [6.07, 6.45) is 1.19. The molecule has 0 saturated carbocycles. The minimum absolute atomic E-state index is 0.0372. The van der Waals surface area contributed by atoms with Gasteiger partial charge in [-0.05, 0) is 17.7 Å². The smallest absolute Gasteiger partial charge is 0.224 e. The van der Waals surface area contributed by atoms with Crippen LogP contribution in [0.3, 0.4) is 0 Å². The van der Waals surface area contributed by atoms with E-state index in [4.69, 9.17) is 21.1 Å². The standard InChI is InChI=1S/C16H21ClN2O3/c1-19-14(20)10-13(18-7-6-15-21-8-9-22-15)16(19)11-2-4-12(17)5-3-11/h2-5,13,15-16,18H,6-10H2,1H3/t13-,16+/m1/s1. The number of hydrogen-bond acceptors (Lipinski definition) is 4. The lowest BCUT2D eigenvalue weighted by molar-refractivity contribution is -0.127. The second-order valence-electron chi connectivity index (χ2n) is 5.73. The minimum Gasteiger partial charge on any atom is -0.350 e. The predicted molar refractivity (Wildman–Crippen MR) is 83.7 cm³/mol. The average Bonchev–Trinajstić information content (AvgIpc) is 3.10. The van der Waals surface area contributed by atoms with Gasteiger partial charge in [0.15, 0.2) is 6.29 Å². The fourth-order valence-corrected chi connectivity index (χ4v) is 3.25. The largest absolute Gasteiger partial charge is 0.350 e. The maximum absolute atomic E-state index is 12.1. The van der Waals surface area contributed by atoms with Crippen molar-refractivity contribution < 1.29 is 14.3 Å². The van der Waals surface area contributed by atoms with E-state index in [1.165, 1.54) is 0 Å². The summed E-state index contributed by atoms with van der Waals surface area (Å²) < 4.78 is 10.9. The van der Waals surface area contributed by atoms with E-state index < -0.39 is 0 Å². The number of carbonyl (C=O) groups is 1. The summed E-state index contributed by atoms with van der Waals surface area (Å²) in [7, 11) is 1.85. The molecule has 0 radical (unpaired) electrons. The van der Waals surface area contributed by atoms with E-state index in [2.05, 4.69) is 5.32 Å². The van der Waals surface area contributed by atoms with E-state index >= 15 is 0 Å². The SMILES string of the molecule is CN1C(=O)C[C@@H](NCCC2OCCO2)[C@@H]1c1ccc(Cl)cc1. The Labute approximate surface area is 135 Å². The molecule has 6 heteroatoms. The van der Waals surface area contributed by atoms with Crippen LogP contribution in [0, 0.1) is 0 Å². The molecule has 1 amide bonds. The molecule has 0 aromatic heterocycles. The molecule has 2 atom stereocenters. The number of halogens is 1. The highest BCUT2D eigenvalue weighted by Gasteiger charge is 2.38. The number of amides is 1. The molecular formula is C16H21ClN2O3. The number of likely N-dealkylation sites (N-methyl/N-ethyl adjacent to an activating group) is 1. The molecule has 2 saturated heterocycles. The lowest BCUT2D eigenvalue weighted by Crippen LogP contribution is -2.36. The Morgan fingerprint density at radius 1 is 1.27 bits per heavy atom. The lowest BCUT2D eigenvalue weighted by Gasteiger charge is -2.26. The molecule has 1 N–H and O–H groups in total. The molecule has 3 rings (SSSR count). The number of carbonyl (C=O) groups excluding carboxylic acids is 1. The first-order valence-electron chi connectivity index (χ1n) is 7.63. The topological polar surface area (TPSA) is 50.8 Å². The first-order chi connectivity index (χ1) is 10.6. The number of rotatable bonds is 5. The second kappa shape index (κ2) is 6.96. The average molecular weight is 325 g/mol. The summed E-state index contributed by atoms with van der Waals surface area (Å²) in [5.41, 5.74) is 1.10. The molecule has 2 heterocycles. The van der Waals surface area contributed by atoms with Crippen LogP contribution in [0.25, 0.3) is 0 Å². The van der Waals surface area contributed by atoms with Crippen LogP contribution in [0.4, 0.5) is 0 Å². The van der Waals surface area contributed by atoms with E-state index in [-0.39, 0.29) is 24.3 Å². The van der Waals surface area contributed by atoms with Gasteiger partial charge in [0.05, 0.1) is 19.3 Å². The van der Waals surface area contributed by atoms with Crippen molar-refractivity contribution in [1.29, 1.82) is 0 Å². The second-order valence-corrected chi connectivity index (χ2v) is 6.16. The van der Waals surface area contributed by atoms with Crippen molar-refractivity contribution in [3.05, 3.63) is 34.9 Å². The number of likely N-dealkylation sites (tertiary alicyclic amines) is 1. The van der Waals surface area contributed by atoms with Crippen molar-refractivity contribution in [2.75, 3.05) is 26.8 Å². The van der Waals surface area contributed by atoms with E-state index in [1.807, 2.05) is 36.2 Å². The third kappa shape index (κ3) is 3.43. The molecular weight excluding hydrogens is 304 g/mol. The van der Waals surface area contributed by atoms with Crippen molar-refractivity contribution in [3.8, 4) is 0 Å². The Bertz CT molecular complexity index is 517. The highest BCUT2D eigenvalue weighted by atomic mass is 35.5. The van der Waals surface area contributed by atoms with Crippen LogP contribution in [0.2, 0.25) is 5.02 Å². The van der Waals surface area contributed by atoms with Crippen LogP contribution in [0.1, 0.15) is 24.4 Å². The van der Waals surface area contributed by atoms with Crippen LogP contribution in [0.5, 0.6) is 0 Å². The monoisotopic (exact) mass is 324 g/mol. The van der Waals surface area contributed by atoms with Gasteiger partial charge in [0, 0.05) is 37.5 Å². The summed E-state index contributed by atoms with van der Waals surface area (Å²) in [6.45, 7) is 2.10. The van der Waals surface area contributed by atoms with Crippen LogP contribution in [0.15, 0.2) is 24.3 Å². The van der Waals surface area contributed by atoms with Crippen molar-refractivity contribution in [1.82, 2.24) is 10.2 Å². The Kier molecular flexibility index (Phi) is 4.98. The van der Waals surface area contributed by atoms with E-state index in [9.17, 15) is 4.79 Å².